The number of nitrogens with two attached hydrogens (primary N) is 1. The molecule has 0 radical (unpaired) electrons. The van der Waals surface area contributed by atoms with Crippen LogP contribution < -0.4 is 5.73 Å². The minimum absolute atomic E-state index is 0.185. The van der Waals surface area contributed by atoms with Crippen molar-refractivity contribution in [2.45, 2.75) is 38.6 Å². The lowest BCUT2D eigenvalue weighted by Crippen LogP contribution is -2.29. The topological polar surface area (TPSA) is 41.8 Å². The maximum Gasteiger partial charge on any atom is 0.0502 e. The lowest BCUT2D eigenvalue weighted by atomic mass is 9.80. The van der Waals surface area contributed by atoms with E-state index in [1.54, 1.807) is 0 Å². The lowest BCUT2D eigenvalue weighted by molar-refractivity contribution is 0.262. The Balaban J connectivity index is 2.16. The summed E-state index contributed by atoms with van der Waals surface area (Å²) >= 11 is 0. The van der Waals surface area contributed by atoms with Gasteiger partial charge in [-0.05, 0) is 30.4 Å². The molecule has 0 saturated heterocycles. The van der Waals surface area contributed by atoms with Crippen LogP contribution >= 0.6 is 0 Å². The molecule has 2 rings (SSSR count). The maximum absolute atomic E-state index is 6.25. The Labute approximate surface area is 79.5 Å². The third-order valence-electron chi connectivity index (χ3n) is 3.45. The fourth-order valence-electron chi connectivity index (χ4n) is 2.41. The summed E-state index contributed by atoms with van der Waals surface area (Å²) in [5, 5.41) is 0. The number of aromatic amines is 1. The van der Waals surface area contributed by atoms with Gasteiger partial charge in [-0.15, -0.1) is 0 Å². The Morgan fingerprint density at radius 2 is 2.15 bits per heavy atom. The van der Waals surface area contributed by atoms with E-state index in [2.05, 4.69) is 18.0 Å². The molecule has 0 bridgehead atoms. The zero-order valence-electron chi connectivity index (χ0n) is 8.22. The van der Waals surface area contributed by atoms with Crippen molar-refractivity contribution in [3.63, 3.8) is 0 Å². The van der Waals surface area contributed by atoms with Crippen LogP contribution in [0.3, 0.4) is 0 Å². The van der Waals surface area contributed by atoms with Crippen LogP contribution in [0, 0.1) is 5.41 Å². The summed E-state index contributed by atoms with van der Waals surface area (Å²) in [5.74, 6) is 0. The first kappa shape index (κ1) is 8.82. The van der Waals surface area contributed by atoms with Gasteiger partial charge in [0.1, 0.15) is 0 Å². The first-order valence-corrected chi connectivity index (χ1v) is 5.11. The molecule has 1 aromatic heterocycles. The van der Waals surface area contributed by atoms with Crippen molar-refractivity contribution in [3.8, 4) is 0 Å². The number of nitrogens with one attached hydrogen (secondary N) is 1. The largest absolute Gasteiger partial charge is 0.364 e. The second-order valence-electron chi connectivity index (χ2n) is 4.46. The van der Waals surface area contributed by atoms with E-state index in [1.165, 1.54) is 31.4 Å². The standard InChI is InChI=1S/C11H18N2/c1-11(6-2-3-7-11)10(12)9-5-4-8-13-9/h4-5,8,10,13H,2-3,6-7,12H2,1H3. The molecule has 1 heterocycles. The van der Waals surface area contributed by atoms with Crippen LogP contribution in [-0.2, 0) is 0 Å². The summed E-state index contributed by atoms with van der Waals surface area (Å²) < 4.78 is 0. The van der Waals surface area contributed by atoms with Gasteiger partial charge in [0.05, 0.1) is 6.04 Å². The molecule has 3 N–H and O–H groups in total. The van der Waals surface area contributed by atoms with Crippen LogP contribution in [0.15, 0.2) is 18.3 Å². The maximum atomic E-state index is 6.25. The number of hydrogen-bond acceptors (Lipinski definition) is 1. The lowest BCUT2D eigenvalue weighted by Gasteiger charge is -2.30. The molecular weight excluding hydrogens is 160 g/mol. The van der Waals surface area contributed by atoms with Gasteiger partial charge in [0.2, 0.25) is 0 Å². The third-order valence-corrected chi connectivity index (χ3v) is 3.45. The van der Waals surface area contributed by atoms with Crippen molar-refractivity contribution in [2.75, 3.05) is 0 Å². The Hall–Kier alpha value is -0.760. The average Bonchev–Trinajstić information content (AvgIpc) is 2.73. The van der Waals surface area contributed by atoms with Gasteiger partial charge in [-0.2, -0.15) is 0 Å². The summed E-state index contributed by atoms with van der Waals surface area (Å²) in [4.78, 5) is 3.21. The van der Waals surface area contributed by atoms with E-state index in [4.69, 9.17) is 5.73 Å². The van der Waals surface area contributed by atoms with E-state index < -0.39 is 0 Å². The van der Waals surface area contributed by atoms with E-state index in [1.807, 2.05) is 12.3 Å². The van der Waals surface area contributed by atoms with Gasteiger partial charge in [0.25, 0.3) is 0 Å². The molecule has 2 nitrogen and oxygen atoms in total. The number of rotatable bonds is 2. The molecule has 0 aliphatic heterocycles. The van der Waals surface area contributed by atoms with Crippen LogP contribution in [0.4, 0.5) is 0 Å². The van der Waals surface area contributed by atoms with Gasteiger partial charge in [0.15, 0.2) is 0 Å². The molecule has 1 atom stereocenters. The highest BCUT2D eigenvalue weighted by Crippen LogP contribution is 2.45. The SMILES string of the molecule is CC1(C(N)c2ccc[nH]2)CCCC1. The molecule has 0 aromatic carbocycles. The van der Waals surface area contributed by atoms with E-state index in [0.717, 1.165) is 0 Å². The fourth-order valence-corrected chi connectivity index (χ4v) is 2.41. The second kappa shape index (κ2) is 3.18. The number of aromatic nitrogens is 1. The van der Waals surface area contributed by atoms with E-state index in [9.17, 15) is 0 Å². The minimum atomic E-state index is 0.185. The minimum Gasteiger partial charge on any atom is -0.364 e. The van der Waals surface area contributed by atoms with Crippen LogP contribution in [0.5, 0.6) is 0 Å². The van der Waals surface area contributed by atoms with E-state index >= 15 is 0 Å². The summed E-state index contributed by atoms with van der Waals surface area (Å²) in [6.45, 7) is 2.31. The molecule has 2 heteroatoms. The molecule has 1 unspecified atom stereocenters. The van der Waals surface area contributed by atoms with E-state index in [0.29, 0.717) is 5.41 Å². The van der Waals surface area contributed by atoms with Gasteiger partial charge < -0.3 is 10.7 Å². The Kier molecular flexibility index (Phi) is 2.16. The van der Waals surface area contributed by atoms with Crippen molar-refractivity contribution < 1.29 is 0 Å². The molecule has 72 valence electrons. The zero-order chi connectivity index (χ0) is 9.31. The second-order valence-corrected chi connectivity index (χ2v) is 4.46. The summed E-state index contributed by atoms with van der Waals surface area (Å²) in [6, 6.07) is 4.30. The zero-order valence-corrected chi connectivity index (χ0v) is 8.22. The molecule has 13 heavy (non-hydrogen) atoms. The van der Waals surface area contributed by atoms with Crippen molar-refractivity contribution in [1.29, 1.82) is 0 Å². The molecule has 1 aromatic rings. The van der Waals surface area contributed by atoms with Crippen molar-refractivity contribution in [1.82, 2.24) is 4.98 Å². The third kappa shape index (κ3) is 1.51. The van der Waals surface area contributed by atoms with Crippen molar-refractivity contribution in [2.24, 2.45) is 11.1 Å². The number of H-pyrrole nitrogens is 1. The van der Waals surface area contributed by atoms with Crippen molar-refractivity contribution in [3.05, 3.63) is 24.0 Å². The molecular formula is C11H18N2. The van der Waals surface area contributed by atoms with E-state index in [-0.39, 0.29) is 6.04 Å². The van der Waals surface area contributed by atoms with Gasteiger partial charge >= 0.3 is 0 Å². The molecule has 1 fully saturated rings. The Bertz CT molecular complexity index is 258. The summed E-state index contributed by atoms with van der Waals surface area (Å²) in [6.07, 6.45) is 7.17. The quantitative estimate of drug-likeness (QED) is 0.718. The van der Waals surface area contributed by atoms with Crippen molar-refractivity contribution >= 4 is 0 Å². The van der Waals surface area contributed by atoms with Gasteiger partial charge in [-0.1, -0.05) is 19.8 Å². The monoisotopic (exact) mass is 178 g/mol. The van der Waals surface area contributed by atoms with Crippen LogP contribution in [-0.4, -0.2) is 4.98 Å². The molecule has 0 amide bonds. The highest BCUT2D eigenvalue weighted by Gasteiger charge is 2.35. The average molecular weight is 178 g/mol. The fraction of sp³-hybridized carbons (Fsp3) is 0.636. The molecule has 1 aliphatic carbocycles. The van der Waals surface area contributed by atoms with Gasteiger partial charge in [-0.3, -0.25) is 0 Å². The highest BCUT2D eigenvalue weighted by atomic mass is 14.8. The van der Waals surface area contributed by atoms with Crippen LogP contribution in [0.25, 0.3) is 0 Å². The summed E-state index contributed by atoms with van der Waals surface area (Å²) in [7, 11) is 0. The molecule has 1 aliphatic rings. The Morgan fingerprint density at radius 1 is 1.46 bits per heavy atom. The predicted octanol–water partition coefficient (Wildman–Crippen LogP) is 2.59. The van der Waals surface area contributed by atoms with Crippen LogP contribution in [0.1, 0.15) is 44.3 Å². The normalized spacial score (nSPS) is 23.2. The molecule has 1 saturated carbocycles. The first-order valence-electron chi connectivity index (χ1n) is 5.11. The smallest absolute Gasteiger partial charge is 0.0502 e. The molecule has 0 spiro atoms. The highest BCUT2D eigenvalue weighted by molar-refractivity contribution is 5.12. The van der Waals surface area contributed by atoms with Gasteiger partial charge in [0, 0.05) is 11.9 Å². The van der Waals surface area contributed by atoms with Gasteiger partial charge in [-0.25, -0.2) is 0 Å². The number of hydrogen-bond donors (Lipinski definition) is 2. The summed E-state index contributed by atoms with van der Waals surface area (Å²) in [5.41, 5.74) is 7.76. The Morgan fingerprint density at radius 3 is 2.69 bits per heavy atom. The van der Waals surface area contributed by atoms with Crippen LogP contribution in [0.2, 0.25) is 0 Å². The predicted molar refractivity (Wildman–Crippen MR) is 54.3 cm³/mol. The first-order chi connectivity index (χ1) is 6.22.